The standard InChI is InChI=1S/C15H20BrNS/c1-11-8-15(10-18-11)6-7-17-9-13(15)12-4-2-3-5-14(12)16/h2-5,11,13,17H,6-10H2,1H3. The smallest absolute Gasteiger partial charge is 0.0210 e. The predicted octanol–water partition coefficient (Wildman–Crippen LogP) is 4.04. The lowest BCUT2D eigenvalue weighted by atomic mass is 9.67. The maximum absolute atomic E-state index is 3.74. The molecule has 1 aromatic rings. The Hall–Kier alpha value is 0.01000. The van der Waals surface area contributed by atoms with Crippen LogP contribution >= 0.6 is 27.7 Å². The number of thioether (sulfide) groups is 1. The maximum Gasteiger partial charge on any atom is 0.0210 e. The van der Waals surface area contributed by atoms with Crippen LogP contribution in [0.3, 0.4) is 0 Å². The molecular weight excluding hydrogens is 306 g/mol. The highest BCUT2D eigenvalue weighted by atomic mass is 79.9. The molecule has 3 heteroatoms. The van der Waals surface area contributed by atoms with Crippen LogP contribution in [0.2, 0.25) is 0 Å². The molecule has 1 N–H and O–H groups in total. The van der Waals surface area contributed by atoms with Gasteiger partial charge < -0.3 is 5.32 Å². The molecule has 3 atom stereocenters. The molecule has 1 nitrogen and oxygen atoms in total. The highest BCUT2D eigenvalue weighted by Gasteiger charge is 2.46. The van der Waals surface area contributed by atoms with Crippen LogP contribution in [0.4, 0.5) is 0 Å². The van der Waals surface area contributed by atoms with Crippen molar-refractivity contribution in [3.63, 3.8) is 0 Å². The molecule has 18 heavy (non-hydrogen) atoms. The second-order valence-corrected chi connectivity index (χ2v) is 8.00. The first-order valence-corrected chi connectivity index (χ1v) is 8.62. The van der Waals surface area contributed by atoms with E-state index in [1.165, 1.54) is 35.2 Å². The third-order valence-electron chi connectivity index (χ3n) is 4.52. The number of nitrogens with one attached hydrogen (secondary N) is 1. The monoisotopic (exact) mass is 325 g/mol. The van der Waals surface area contributed by atoms with Crippen LogP contribution in [0.1, 0.15) is 31.2 Å². The summed E-state index contributed by atoms with van der Waals surface area (Å²) in [7, 11) is 0. The summed E-state index contributed by atoms with van der Waals surface area (Å²) in [5.74, 6) is 2.00. The summed E-state index contributed by atoms with van der Waals surface area (Å²) < 4.78 is 1.28. The van der Waals surface area contributed by atoms with Gasteiger partial charge >= 0.3 is 0 Å². The van der Waals surface area contributed by atoms with E-state index in [0.717, 1.165) is 11.8 Å². The molecule has 0 radical (unpaired) electrons. The van der Waals surface area contributed by atoms with Gasteiger partial charge in [-0.2, -0.15) is 11.8 Å². The van der Waals surface area contributed by atoms with E-state index >= 15 is 0 Å². The van der Waals surface area contributed by atoms with E-state index in [2.05, 4.69) is 64.2 Å². The van der Waals surface area contributed by atoms with Crippen molar-refractivity contribution < 1.29 is 0 Å². The second-order valence-electron chi connectivity index (χ2n) is 5.72. The summed E-state index contributed by atoms with van der Waals surface area (Å²) in [5.41, 5.74) is 2.03. The van der Waals surface area contributed by atoms with E-state index in [1.54, 1.807) is 0 Å². The predicted molar refractivity (Wildman–Crippen MR) is 83.3 cm³/mol. The molecule has 3 rings (SSSR count). The van der Waals surface area contributed by atoms with Crippen molar-refractivity contribution >= 4 is 27.7 Å². The number of rotatable bonds is 1. The van der Waals surface area contributed by atoms with Gasteiger partial charge in [-0.15, -0.1) is 0 Å². The average Bonchev–Trinajstić information content (AvgIpc) is 2.73. The zero-order valence-electron chi connectivity index (χ0n) is 10.8. The van der Waals surface area contributed by atoms with Crippen molar-refractivity contribution in [2.24, 2.45) is 5.41 Å². The zero-order chi connectivity index (χ0) is 12.6. The highest BCUT2D eigenvalue weighted by Crippen LogP contribution is 2.54. The van der Waals surface area contributed by atoms with Gasteiger partial charge in [0.1, 0.15) is 0 Å². The Morgan fingerprint density at radius 1 is 1.39 bits per heavy atom. The van der Waals surface area contributed by atoms with Crippen molar-refractivity contribution in [1.82, 2.24) is 5.32 Å². The minimum absolute atomic E-state index is 0.527. The summed E-state index contributed by atoms with van der Waals surface area (Å²) in [6.07, 6.45) is 2.71. The average molecular weight is 326 g/mol. The largest absolute Gasteiger partial charge is 0.316 e. The third-order valence-corrected chi connectivity index (χ3v) is 6.72. The molecule has 2 fully saturated rings. The molecule has 0 bridgehead atoms. The SMILES string of the molecule is CC1CC2(CCNCC2c2ccccc2Br)CS1. The summed E-state index contributed by atoms with van der Waals surface area (Å²) >= 11 is 5.91. The normalized spacial score (nSPS) is 36.1. The van der Waals surface area contributed by atoms with Crippen molar-refractivity contribution in [3.8, 4) is 0 Å². The molecule has 0 amide bonds. The Bertz CT molecular complexity index is 432. The Morgan fingerprint density at radius 3 is 2.94 bits per heavy atom. The van der Waals surface area contributed by atoms with Crippen LogP contribution in [-0.2, 0) is 0 Å². The van der Waals surface area contributed by atoms with Crippen LogP contribution in [-0.4, -0.2) is 24.1 Å². The fourth-order valence-corrected chi connectivity index (χ4v) is 5.68. The van der Waals surface area contributed by atoms with Gasteiger partial charge in [-0.25, -0.2) is 0 Å². The third kappa shape index (κ3) is 2.25. The molecule has 2 aliphatic rings. The van der Waals surface area contributed by atoms with E-state index < -0.39 is 0 Å². The van der Waals surface area contributed by atoms with Gasteiger partial charge in [-0.1, -0.05) is 41.1 Å². The van der Waals surface area contributed by atoms with Crippen molar-refractivity contribution in [2.45, 2.75) is 30.9 Å². The maximum atomic E-state index is 3.74. The van der Waals surface area contributed by atoms with Gasteiger partial charge in [0.15, 0.2) is 0 Å². The number of hydrogen-bond acceptors (Lipinski definition) is 2. The summed E-state index contributed by atoms with van der Waals surface area (Å²) in [4.78, 5) is 0. The molecule has 2 heterocycles. The quantitative estimate of drug-likeness (QED) is 0.836. The first-order valence-electron chi connectivity index (χ1n) is 6.78. The lowest BCUT2D eigenvalue weighted by Crippen LogP contribution is -2.44. The van der Waals surface area contributed by atoms with Crippen molar-refractivity contribution in [1.29, 1.82) is 0 Å². The van der Waals surface area contributed by atoms with Crippen molar-refractivity contribution in [2.75, 3.05) is 18.8 Å². The Kier molecular flexibility index (Phi) is 3.75. The van der Waals surface area contributed by atoms with Gasteiger partial charge in [-0.05, 0) is 42.2 Å². The van der Waals surface area contributed by atoms with Crippen LogP contribution in [0.25, 0.3) is 0 Å². The van der Waals surface area contributed by atoms with Gasteiger partial charge in [0.05, 0.1) is 0 Å². The second kappa shape index (κ2) is 5.18. The molecule has 1 aromatic carbocycles. The highest BCUT2D eigenvalue weighted by molar-refractivity contribution is 9.10. The first-order chi connectivity index (χ1) is 8.71. The van der Waals surface area contributed by atoms with Crippen LogP contribution in [0, 0.1) is 5.41 Å². The summed E-state index contributed by atoms with van der Waals surface area (Å²) in [5, 5.41) is 4.42. The lowest BCUT2D eigenvalue weighted by Gasteiger charge is -2.42. The molecule has 98 valence electrons. The van der Waals surface area contributed by atoms with Gasteiger partial charge in [-0.3, -0.25) is 0 Å². The molecule has 2 aliphatic heterocycles. The number of piperidine rings is 1. The zero-order valence-corrected chi connectivity index (χ0v) is 13.2. The number of hydrogen-bond donors (Lipinski definition) is 1. The van der Waals surface area contributed by atoms with E-state index in [-0.39, 0.29) is 0 Å². The summed E-state index contributed by atoms with van der Waals surface area (Å²) in [6.45, 7) is 4.71. The van der Waals surface area contributed by atoms with Crippen LogP contribution < -0.4 is 5.32 Å². The van der Waals surface area contributed by atoms with Gasteiger partial charge in [0, 0.05) is 22.2 Å². The molecule has 2 saturated heterocycles. The topological polar surface area (TPSA) is 12.0 Å². The number of halogens is 1. The Labute approximate surface area is 122 Å². The van der Waals surface area contributed by atoms with E-state index in [1.807, 2.05) is 0 Å². The molecule has 0 saturated carbocycles. The minimum atomic E-state index is 0.527. The fraction of sp³-hybridized carbons (Fsp3) is 0.600. The lowest BCUT2D eigenvalue weighted by molar-refractivity contribution is 0.189. The molecule has 3 unspecified atom stereocenters. The molecular formula is C15H20BrNS. The van der Waals surface area contributed by atoms with E-state index in [4.69, 9.17) is 0 Å². The van der Waals surface area contributed by atoms with Crippen molar-refractivity contribution in [3.05, 3.63) is 34.3 Å². The molecule has 1 spiro atoms. The van der Waals surface area contributed by atoms with Crippen LogP contribution in [0.5, 0.6) is 0 Å². The fourth-order valence-electron chi connectivity index (χ4n) is 3.59. The van der Waals surface area contributed by atoms with Gasteiger partial charge in [0.25, 0.3) is 0 Å². The van der Waals surface area contributed by atoms with Gasteiger partial charge in [0.2, 0.25) is 0 Å². The number of benzene rings is 1. The summed E-state index contributed by atoms with van der Waals surface area (Å²) in [6, 6.07) is 8.77. The molecule has 0 aliphatic carbocycles. The van der Waals surface area contributed by atoms with E-state index in [9.17, 15) is 0 Å². The Morgan fingerprint density at radius 2 is 2.22 bits per heavy atom. The first kappa shape index (κ1) is 13.0. The Balaban J connectivity index is 1.96. The minimum Gasteiger partial charge on any atom is -0.316 e. The van der Waals surface area contributed by atoms with E-state index in [0.29, 0.717) is 11.3 Å². The molecule has 0 aromatic heterocycles. The van der Waals surface area contributed by atoms with Crippen LogP contribution in [0.15, 0.2) is 28.7 Å².